The third kappa shape index (κ3) is 3.34. The largest absolute Gasteiger partial charge is 0.309 e. The van der Waals surface area contributed by atoms with Crippen molar-refractivity contribution in [3.05, 3.63) is 35.9 Å². The van der Waals surface area contributed by atoms with Crippen LogP contribution in [0.15, 0.2) is 30.3 Å². The lowest BCUT2D eigenvalue weighted by Gasteiger charge is -2.21. The molecule has 1 unspecified atom stereocenters. The Labute approximate surface area is 110 Å². The SMILES string of the molecule is CCCC1(CNC(CC#N)c2ccccc2)CC1. The van der Waals surface area contributed by atoms with E-state index in [0.29, 0.717) is 11.8 Å². The standard InChI is InChI=1S/C16H22N2/c1-2-9-16(10-11-16)13-18-15(8-12-17)14-6-4-3-5-7-14/h3-7,15,18H,2,8-11,13H2,1H3. The van der Waals surface area contributed by atoms with E-state index < -0.39 is 0 Å². The fraction of sp³-hybridized carbons (Fsp3) is 0.562. The molecule has 1 atom stereocenters. The van der Waals surface area contributed by atoms with Gasteiger partial charge in [-0.3, -0.25) is 0 Å². The predicted octanol–water partition coefficient (Wildman–Crippen LogP) is 3.81. The Bertz CT molecular complexity index is 401. The molecule has 0 saturated heterocycles. The molecule has 1 aliphatic rings. The molecule has 96 valence electrons. The number of hydrogen-bond acceptors (Lipinski definition) is 2. The van der Waals surface area contributed by atoms with Crippen LogP contribution in [-0.4, -0.2) is 6.54 Å². The van der Waals surface area contributed by atoms with Crippen LogP contribution >= 0.6 is 0 Å². The maximum atomic E-state index is 8.96. The summed E-state index contributed by atoms with van der Waals surface area (Å²) < 4.78 is 0. The van der Waals surface area contributed by atoms with Crippen molar-refractivity contribution in [2.24, 2.45) is 5.41 Å². The number of rotatable bonds is 7. The van der Waals surface area contributed by atoms with Crippen LogP contribution in [0.2, 0.25) is 0 Å². The Morgan fingerprint density at radius 3 is 2.61 bits per heavy atom. The molecule has 2 rings (SSSR count). The Kier molecular flexibility index (Phi) is 4.38. The van der Waals surface area contributed by atoms with Gasteiger partial charge in [0.05, 0.1) is 12.5 Å². The van der Waals surface area contributed by atoms with Crippen molar-refractivity contribution in [1.82, 2.24) is 5.32 Å². The molecule has 18 heavy (non-hydrogen) atoms. The molecule has 0 aliphatic heterocycles. The van der Waals surface area contributed by atoms with Crippen molar-refractivity contribution < 1.29 is 0 Å². The quantitative estimate of drug-likeness (QED) is 0.789. The maximum absolute atomic E-state index is 8.96. The first-order valence-corrected chi connectivity index (χ1v) is 6.95. The van der Waals surface area contributed by atoms with E-state index in [-0.39, 0.29) is 6.04 Å². The molecular weight excluding hydrogens is 220 g/mol. The van der Waals surface area contributed by atoms with Crippen molar-refractivity contribution in [3.63, 3.8) is 0 Å². The third-order valence-electron chi connectivity index (χ3n) is 3.96. The molecule has 1 fully saturated rings. The van der Waals surface area contributed by atoms with E-state index in [1.807, 2.05) is 18.2 Å². The van der Waals surface area contributed by atoms with Crippen LogP contribution in [0.4, 0.5) is 0 Å². The highest BCUT2D eigenvalue weighted by Gasteiger charge is 2.41. The van der Waals surface area contributed by atoms with Crippen molar-refractivity contribution >= 4 is 0 Å². The normalized spacial score (nSPS) is 18.0. The van der Waals surface area contributed by atoms with Gasteiger partial charge in [-0.2, -0.15) is 5.26 Å². The van der Waals surface area contributed by atoms with Crippen LogP contribution in [-0.2, 0) is 0 Å². The van der Waals surface area contributed by atoms with Crippen molar-refractivity contribution in [1.29, 1.82) is 5.26 Å². The molecule has 1 aliphatic carbocycles. The first kappa shape index (κ1) is 13.1. The molecular formula is C16H22N2. The summed E-state index contributed by atoms with van der Waals surface area (Å²) in [5.41, 5.74) is 1.77. The number of nitriles is 1. The first-order valence-electron chi connectivity index (χ1n) is 6.95. The molecule has 1 saturated carbocycles. The van der Waals surface area contributed by atoms with Gasteiger partial charge in [0.2, 0.25) is 0 Å². The highest BCUT2D eigenvalue weighted by molar-refractivity contribution is 5.20. The second-order valence-electron chi connectivity index (χ2n) is 5.46. The van der Waals surface area contributed by atoms with Crippen molar-refractivity contribution in [3.8, 4) is 6.07 Å². The minimum Gasteiger partial charge on any atom is -0.309 e. The summed E-state index contributed by atoms with van der Waals surface area (Å²) in [4.78, 5) is 0. The number of nitrogens with one attached hydrogen (secondary N) is 1. The van der Waals surface area contributed by atoms with Gasteiger partial charge in [-0.15, -0.1) is 0 Å². The van der Waals surface area contributed by atoms with Crippen LogP contribution in [0.3, 0.4) is 0 Å². The fourth-order valence-corrected chi connectivity index (χ4v) is 2.65. The minimum atomic E-state index is 0.186. The molecule has 0 spiro atoms. The summed E-state index contributed by atoms with van der Waals surface area (Å²) in [5.74, 6) is 0. The van der Waals surface area contributed by atoms with Gasteiger partial charge in [-0.1, -0.05) is 43.7 Å². The van der Waals surface area contributed by atoms with E-state index >= 15 is 0 Å². The van der Waals surface area contributed by atoms with E-state index in [1.165, 1.54) is 31.2 Å². The number of hydrogen-bond donors (Lipinski definition) is 1. The number of benzene rings is 1. The van der Waals surface area contributed by atoms with Crippen LogP contribution < -0.4 is 5.32 Å². The summed E-state index contributed by atoms with van der Waals surface area (Å²) in [5, 5.41) is 12.6. The molecule has 0 aromatic heterocycles. The van der Waals surface area contributed by atoms with Crippen LogP contribution in [0.25, 0.3) is 0 Å². The van der Waals surface area contributed by atoms with Crippen LogP contribution in [0.1, 0.15) is 50.6 Å². The van der Waals surface area contributed by atoms with Gasteiger partial charge in [0.1, 0.15) is 0 Å². The van der Waals surface area contributed by atoms with Gasteiger partial charge >= 0.3 is 0 Å². The summed E-state index contributed by atoms with van der Waals surface area (Å²) in [6.07, 6.45) is 5.82. The maximum Gasteiger partial charge on any atom is 0.0641 e. The van der Waals surface area contributed by atoms with Crippen LogP contribution in [0.5, 0.6) is 0 Å². The highest BCUT2D eigenvalue weighted by Crippen LogP contribution is 2.49. The zero-order valence-electron chi connectivity index (χ0n) is 11.2. The topological polar surface area (TPSA) is 35.8 Å². The van der Waals surface area contributed by atoms with E-state index in [1.54, 1.807) is 0 Å². The minimum absolute atomic E-state index is 0.186. The summed E-state index contributed by atoms with van der Waals surface area (Å²) >= 11 is 0. The van der Waals surface area contributed by atoms with E-state index in [0.717, 1.165) is 6.54 Å². The molecule has 0 bridgehead atoms. The van der Waals surface area contributed by atoms with Crippen molar-refractivity contribution in [2.75, 3.05) is 6.54 Å². The average Bonchev–Trinajstić information content (AvgIpc) is 3.16. The Morgan fingerprint density at radius 1 is 1.33 bits per heavy atom. The van der Waals surface area contributed by atoms with Crippen molar-refractivity contribution in [2.45, 2.75) is 45.1 Å². The third-order valence-corrected chi connectivity index (χ3v) is 3.96. The fourth-order valence-electron chi connectivity index (χ4n) is 2.65. The second-order valence-corrected chi connectivity index (χ2v) is 5.46. The zero-order chi connectivity index (χ0) is 12.8. The van der Waals surface area contributed by atoms with Gasteiger partial charge in [-0.25, -0.2) is 0 Å². The van der Waals surface area contributed by atoms with E-state index in [2.05, 4.69) is 30.4 Å². The summed E-state index contributed by atoms with van der Waals surface area (Å²) in [6.45, 7) is 3.31. The molecule has 2 heteroatoms. The van der Waals surface area contributed by atoms with Gasteiger partial charge in [-0.05, 0) is 30.2 Å². The van der Waals surface area contributed by atoms with Crippen LogP contribution in [0, 0.1) is 16.7 Å². The Hall–Kier alpha value is -1.33. The molecule has 0 heterocycles. The molecule has 1 aromatic rings. The molecule has 0 radical (unpaired) electrons. The second kappa shape index (κ2) is 6.02. The molecule has 1 aromatic carbocycles. The Morgan fingerprint density at radius 2 is 2.06 bits per heavy atom. The van der Waals surface area contributed by atoms with E-state index in [4.69, 9.17) is 5.26 Å². The zero-order valence-corrected chi connectivity index (χ0v) is 11.2. The van der Waals surface area contributed by atoms with Gasteiger partial charge in [0, 0.05) is 12.6 Å². The van der Waals surface area contributed by atoms with Gasteiger partial charge < -0.3 is 5.32 Å². The smallest absolute Gasteiger partial charge is 0.0641 e. The lowest BCUT2D eigenvalue weighted by atomic mass is 9.98. The summed E-state index contributed by atoms with van der Waals surface area (Å²) in [6, 6.07) is 12.8. The lowest BCUT2D eigenvalue weighted by molar-refractivity contribution is 0.390. The van der Waals surface area contributed by atoms with Gasteiger partial charge in [0.25, 0.3) is 0 Å². The molecule has 0 amide bonds. The lowest BCUT2D eigenvalue weighted by Crippen LogP contribution is -2.28. The highest BCUT2D eigenvalue weighted by atomic mass is 14.9. The van der Waals surface area contributed by atoms with E-state index in [9.17, 15) is 0 Å². The molecule has 2 nitrogen and oxygen atoms in total. The first-order chi connectivity index (χ1) is 8.79. The monoisotopic (exact) mass is 242 g/mol. The predicted molar refractivity (Wildman–Crippen MR) is 74.0 cm³/mol. The molecule has 1 N–H and O–H groups in total. The summed E-state index contributed by atoms with van der Waals surface area (Å²) in [7, 11) is 0. The average molecular weight is 242 g/mol. The Balaban J connectivity index is 1.93. The number of nitrogens with zero attached hydrogens (tertiary/aromatic N) is 1. The van der Waals surface area contributed by atoms with Gasteiger partial charge in [0.15, 0.2) is 0 Å².